The van der Waals surface area contributed by atoms with E-state index < -0.39 is 9.84 Å². The van der Waals surface area contributed by atoms with Crippen molar-refractivity contribution in [3.8, 4) is 0 Å². The lowest BCUT2D eigenvalue weighted by Gasteiger charge is -2.33. The smallest absolute Gasteiger partial charge is 0.264 e. The zero-order valence-corrected chi connectivity index (χ0v) is 17.2. The minimum absolute atomic E-state index is 0.00296. The van der Waals surface area contributed by atoms with Gasteiger partial charge in [-0.05, 0) is 11.5 Å². The second-order valence-corrected chi connectivity index (χ2v) is 10.5. The number of hydrogen-bond acceptors (Lipinski definition) is 6. The van der Waals surface area contributed by atoms with Crippen molar-refractivity contribution in [2.45, 2.75) is 13.0 Å². The number of sulfone groups is 1. The number of hydrogen-bond donors (Lipinski definition) is 0. The van der Waals surface area contributed by atoms with Crippen LogP contribution in [0.4, 0.5) is 0 Å². The quantitative estimate of drug-likeness (QED) is 0.735. The van der Waals surface area contributed by atoms with E-state index in [4.69, 9.17) is 4.74 Å². The van der Waals surface area contributed by atoms with Gasteiger partial charge in [0.2, 0.25) is 5.91 Å². The largest absolute Gasteiger partial charge is 0.370 e. The fraction of sp³-hybridized carbons (Fsp3) is 0.474. The third kappa shape index (κ3) is 3.66. The summed E-state index contributed by atoms with van der Waals surface area (Å²) in [7, 11) is -3.06. The molecule has 2 fully saturated rings. The highest BCUT2D eigenvalue weighted by Gasteiger charge is 2.33. The molecule has 2 aromatic rings. The van der Waals surface area contributed by atoms with E-state index >= 15 is 0 Å². The van der Waals surface area contributed by atoms with Gasteiger partial charge in [0.1, 0.15) is 6.10 Å². The molecule has 28 heavy (non-hydrogen) atoms. The van der Waals surface area contributed by atoms with Crippen LogP contribution in [-0.4, -0.2) is 74.3 Å². The molecule has 0 bridgehead atoms. The van der Waals surface area contributed by atoms with Crippen molar-refractivity contribution in [2.24, 2.45) is 0 Å². The highest BCUT2D eigenvalue weighted by molar-refractivity contribution is 7.91. The third-order valence-electron chi connectivity index (χ3n) is 5.29. The molecule has 0 spiro atoms. The average molecular weight is 423 g/mol. The second-order valence-electron chi connectivity index (χ2n) is 7.11. The highest BCUT2D eigenvalue weighted by atomic mass is 32.2. The number of ether oxygens (including phenoxy) is 1. The van der Waals surface area contributed by atoms with Gasteiger partial charge in [-0.3, -0.25) is 9.59 Å². The van der Waals surface area contributed by atoms with E-state index in [-0.39, 0.29) is 42.5 Å². The molecule has 2 saturated heterocycles. The third-order valence-corrected chi connectivity index (χ3v) is 8.08. The molecule has 0 unspecified atom stereocenters. The molecule has 0 N–H and O–H groups in total. The lowest BCUT2D eigenvalue weighted by molar-refractivity contribution is -0.136. The summed E-state index contributed by atoms with van der Waals surface area (Å²) in [4.78, 5) is 29.0. The molecule has 4 rings (SSSR count). The van der Waals surface area contributed by atoms with Gasteiger partial charge in [0.25, 0.3) is 5.91 Å². The Balaban J connectivity index is 1.71. The molecule has 1 atom stereocenters. The Bertz CT molecular complexity index is 1020. The summed E-state index contributed by atoms with van der Waals surface area (Å²) in [5.41, 5.74) is 0.810. The summed E-state index contributed by atoms with van der Waals surface area (Å²) in [6.45, 7) is 3.32. The van der Waals surface area contributed by atoms with E-state index in [1.165, 1.54) is 18.3 Å². The van der Waals surface area contributed by atoms with Crippen LogP contribution in [0.3, 0.4) is 0 Å². The molecule has 1 aromatic carbocycles. The van der Waals surface area contributed by atoms with Crippen molar-refractivity contribution >= 4 is 43.1 Å². The molecule has 1 aromatic heterocycles. The van der Waals surface area contributed by atoms with Crippen molar-refractivity contribution in [1.29, 1.82) is 0 Å². The number of carbonyl (C=O) groups is 2. The van der Waals surface area contributed by atoms with Gasteiger partial charge < -0.3 is 14.5 Å². The fourth-order valence-corrected chi connectivity index (χ4v) is 6.14. The lowest BCUT2D eigenvalue weighted by atomic mass is 10.0. The molecular formula is C19H22N2O5S2. The minimum Gasteiger partial charge on any atom is -0.370 e. The fourth-order valence-electron chi connectivity index (χ4n) is 3.71. The van der Waals surface area contributed by atoms with E-state index in [0.717, 1.165) is 15.6 Å². The van der Waals surface area contributed by atoms with Gasteiger partial charge in [-0.15, -0.1) is 11.3 Å². The van der Waals surface area contributed by atoms with E-state index in [2.05, 4.69) is 0 Å². The second kappa shape index (κ2) is 7.46. The van der Waals surface area contributed by atoms with Crippen LogP contribution in [0, 0.1) is 0 Å². The normalized spacial score (nSPS) is 22.4. The monoisotopic (exact) mass is 422 g/mol. The predicted octanol–water partition coefficient (Wildman–Crippen LogP) is 1.69. The van der Waals surface area contributed by atoms with Crippen LogP contribution in [0.2, 0.25) is 0 Å². The molecular weight excluding hydrogens is 400 g/mol. The van der Waals surface area contributed by atoms with Gasteiger partial charge in [0, 0.05) is 36.8 Å². The number of carbonyl (C=O) groups excluding carboxylic acids is 2. The molecule has 0 radical (unpaired) electrons. The molecule has 2 amide bonds. The Morgan fingerprint density at radius 1 is 1.11 bits per heavy atom. The van der Waals surface area contributed by atoms with Gasteiger partial charge >= 0.3 is 0 Å². The van der Waals surface area contributed by atoms with Crippen LogP contribution < -0.4 is 0 Å². The molecule has 0 saturated carbocycles. The van der Waals surface area contributed by atoms with Gasteiger partial charge in [0.05, 0.1) is 29.5 Å². The van der Waals surface area contributed by atoms with Crippen LogP contribution in [0.15, 0.2) is 24.3 Å². The van der Waals surface area contributed by atoms with E-state index in [0.29, 0.717) is 24.6 Å². The number of morpholine rings is 1. The Kier molecular flexibility index (Phi) is 5.15. The Morgan fingerprint density at radius 2 is 1.82 bits per heavy atom. The number of nitrogens with zero attached hydrogens (tertiary/aromatic N) is 2. The number of fused-ring (bicyclic) bond motifs is 1. The Labute approximate surface area is 167 Å². The first-order chi connectivity index (χ1) is 13.4. The van der Waals surface area contributed by atoms with E-state index in [1.54, 1.807) is 9.80 Å². The van der Waals surface area contributed by atoms with Crippen molar-refractivity contribution in [3.63, 3.8) is 0 Å². The lowest BCUT2D eigenvalue weighted by Crippen LogP contribution is -2.44. The maximum absolute atomic E-state index is 13.3. The Hall–Kier alpha value is -1.97. The summed E-state index contributed by atoms with van der Waals surface area (Å²) in [5.74, 6) is -0.176. The molecule has 3 heterocycles. The van der Waals surface area contributed by atoms with Gasteiger partial charge in [-0.25, -0.2) is 8.42 Å². The highest BCUT2D eigenvalue weighted by Crippen LogP contribution is 2.39. The summed E-state index contributed by atoms with van der Waals surface area (Å²) < 4.78 is 30.4. The van der Waals surface area contributed by atoms with Crippen LogP contribution in [0.5, 0.6) is 0 Å². The summed E-state index contributed by atoms with van der Waals surface area (Å²) in [5, 5.41) is 0.955. The maximum atomic E-state index is 13.3. The maximum Gasteiger partial charge on any atom is 0.264 e. The van der Waals surface area contributed by atoms with Crippen molar-refractivity contribution in [1.82, 2.24) is 9.80 Å². The average Bonchev–Trinajstić information content (AvgIpc) is 3.07. The molecule has 7 nitrogen and oxygen atoms in total. The Morgan fingerprint density at radius 3 is 2.54 bits per heavy atom. The zero-order chi connectivity index (χ0) is 19.9. The number of amides is 2. The summed E-state index contributed by atoms with van der Waals surface area (Å²) in [6, 6.07) is 7.78. The van der Waals surface area contributed by atoms with Crippen molar-refractivity contribution in [3.05, 3.63) is 34.7 Å². The van der Waals surface area contributed by atoms with E-state index in [9.17, 15) is 18.0 Å². The molecule has 2 aliphatic heterocycles. The van der Waals surface area contributed by atoms with Crippen molar-refractivity contribution in [2.75, 3.05) is 44.3 Å². The summed E-state index contributed by atoms with van der Waals surface area (Å²) in [6.07, 6.45) is -0.374. The predicted molar refractivity (Wildman–Crippen MR) is 107 cm³/mol. The van der Waals surface area contributed by atoms with Gasteiger partial charge in [-0.2, -0.15) is 0 Å². The summed E-state index contributed by atoms with van der Waals surface area (Å²) >= 11 is 1.40. The van der Waals surface area contributed by atoms with Crippen LogP contribution in [0.1, 0.15) is 28.3 Å². The number of benzene rings is 1. The van der Waals surface area contributed by atoms with Crippen LogP contribution >= 0.6 is 11.3 Å². The van der Waals surface area contributed by atoms with Gasteiger partial charge in [0.15, 0.2) is 9.84 Å². The zero-order valence-electron chi connectivity index (χ0n) is 15.6. The number of rotatable bonds is 2. The molecule has 0 aliphatic carbocycles. The van der Waals surface area contributed by atoms with E-state index in [1.807, 2.05) is 24.3 Å². The van der Waals surface area contributed by atoms with Crippen LogP contribution in [0.25, 0.3) is 10.1 Å². The van der Waals surface area contributed by atoms with Crippen LogP contribution in [-0.2, 0) is 19.4 Å². The molecule has 9 heteroatoms. The number of thiophene rings is 1. The minimum atomic E-state index is -3.06. The first-order valence-electron chi connectivity index (χ1n) is 9.24. The first kappa shape index (κ1) is 19.4. The van der Waals surface area contributed by atoms with Gasteiger partial charge in [-0.1, -0.05) is 18.2 Å². The standard InChI is InChI=1S/C19H22N2O5S2/c1-13(22)21-6-9-26-15(12-21)17-14-4-2-3-5-16(14)27-18(17)19(23)20-7-10-28(24,25)11-8-20/h2-5,15H,6-12H2,1H3/t15-/m1/s1. The SMILES string of the molecule is CC(=O)N1CCO[C@@H](c2c(C(=O)N3CCS(=O)(=O)CC3)sc3ccccc23)C1. The first-order valence-corrected chi connectivity index (χ1v) is 11.9. The van der Waals surface area contributed by atoms with Crippen molar-refractivity contribution < 1.29 is 22.7 Å². The topological polar surface area (TPSA) is 84.0 Å². The molecule has 2 aliphatic rings. The molecule has 150 valence electrons.